The lowest BCUT2D eigenvalue weighted by atomic mass is 10.3. The highest BCUT2D eigenvalue weighted by molar-refractivity contribution is 5.73. The molecular weight excluding hydrogens is 150 g/mol. The van der Waals surface area contributed by atoms with Gasteiger partial charge in [-0.3, -0.25) is 9.98 Å². The molecule has 1 aromatic heterocycles. The topological polar surface area (TPSA) is 28.5 Å². The number of rotatable bonds is 1. The number of hydrogen-bond donors (Lipinski definition) is 0. The average molecular weight is 159 g/mol. The molecule has 0 aromatic carbocycles. The molecule has 0 N–H and O–H groups in total. The Balaban J connectivity index is 2.21. The first-order chi connectivity index (χ1) is 5.97. The fraction of sp³-hybridized carbons (Fsp3) is 0.111. The highest BCUT2D eigenvalue weighted by Crippen LogP contribution is 2.13. The van der Waals surface area contributed by atoms with Crippen molar-refractivity contribution in [3.05, 3.63) is 36.8 Å². The third kappa shape index (κ3) is 1.34. The van der Waals surface area contributed by atoms with Crippen LogP contribution in [0.3, 0.4) is 0 Å². The van der Waals surface area contributed by atoms with E-state index >= 15 is 0 Å². The van der Waals surface area contributed by atoms with E-state index in [0.717, 1.165) is 5.69 Å². The van der Waals surface area contributed by atoms with Crippen molar-refractivity contribution in [3.8, 4) is 0 Å². The minimum Gasteiger partial charge on any atom is -0.328 e. The highest BCUT2D eigenvalue weighted by atomic mass is 15.2. The standard InChI is InChI=1S/C9H9N3/c1-4-11-8-12(7-1)9-2-5-10-6-3-9/h1-7H,8H2. The maximum absolute atomic E-state index is 4.13. The average Bonchev–Trinajstić information content (AvgIpc) is 2.21. The summed E-state index contributed by atoms with van der Waals surface area (Å²) < 4.78 is 0. The number of hydrogen-bond acceptors (Lipinski definition) is 3. The zero-order valence-corrected chi connectivity index (χ0v) is 6.59. The van der Waals surface area contributed by atoms with Gasteiger partial charge in [0.2, 0.25) is 0 Å². The van der Waals surface area contributed by atoms with Crippen LogP contribution in [0.1, 0.15) is 0 Å². The van der Waals surface area contributed by atoms with Gasteiger partial charge in [-0.2, -0.15) is 0 Å². The summed E-state index contributed by atoms with van der Waals surface area (Å²) >= 11 is 0. The van der Waals surface area contributed by atoms with E-state index in [-0.39, 0.29) is 0 Å². The number of anilines is 1. The van der Waals surface area contributed by atoms with Crippen molar-refractivity contribution in [2.45, 2.75) is 0 Å². The van der Waals surface area contributed by atoms with Crippen LogP contribution in [-0.2, 0) is 0 Å². The Morgan fingerprint density at radius 3 is 2.75 bits per heavy atom. The second kappa shape index (κ2) is 3.17. The number of allylic oxidation sites excluding steroid dienone is 1. The van der Waals surface area contributed by atoms with Crippen LogP contribution in [0.25, 0.3) is 0 Å². The summed E-state index contributed by atoms with van der Waals surface area (Å²) in [7, 11) is 0. The molecule has 1 aliphatic heterocycles. The van der Waals surface area contributed by atoms with Crippen LogP contribution in [0.5, 0.6) is 0 Å². The van der Waals surface area contributed by atoms with Crippen molar-refractivity contribution in [1.82, 2.24) is 4.98 Å². The number of aliphatic imine (C=N–C) groups is 1. The van der Waals surface area contributed by atoms with Crippen LogP contribution in [0.15, 0.2) is 41.8 Å². The molecule has 0 saturated carbocycles. The molecule has 2 rings (SSSR count). The Morgan fingerprint density at radius 1 is 1.25 bits per heavy atom. The Hall–Kier alpha value is -1.64. The molecule has 0 spiro atoms. The van der Waals surface area contributed by atoms with Gasteiger partial charge in [-0.15, -0.1) is 0 Å². The van der Waals surface area contributed by atoms with E-state index < -0.39 is 0 Å². The highest BCUT2D eigenvalue weighted by Gasteiger charge is 2.01. The van der Waals surface area contributed by atoms with Crippen LogP contribution in [0.2, 0.25) is 0 Å². The molecule has 0 fully saturated rings. The van der Waals surface area contributed by atoms with Gasteiger partial charge in [-0.05, 0) is 18.2 Å². The molecule has 1 aliphatic rings. The maximum Gasteiger partial charge on any atom is 0.114 e. The Kier molecular flexibility index (Phi) is 1.86. The fourth-order valence-electron chi connectivity index (χ4n) is 1.09. The number of aromatic nitrogens is 1. The van der Waals surface area contributed by atoms with Gasteiger partial charge in [0.1, 0.15) is 6.67 Å². The second-order valence-corrected chi connectivity index (χ2v) is 2.49. The Labute approximate surface area is 71.1 Å². The smallest absolute Gasteiger partial charge is 0.114 e. The van der Waals surface area contributed by atoms with Crippen molar-refractivity contribution >= 4 is 11.9 Å². The lowest BCUT2D eigenvalue weighted by molar-refractivity contribution is 0.967. The van der Waals surface area contributed by atoms with Crippen LogP contribution in [-0.4, -0.2) is 17.9 Å². The largest absolute Gasteiger partial charge is 0.328 e. The monoisotopic (exact) mass is 159 g/mol. The molecule has 3 heteroatoms. The van der Waals surface area contributed by atoms with Gasteiger partial charge < -0.3 is 4.90 Å². The summed E-state index contributed by atoms with van der Waals surface area (Å²) in [6.45, 7) is 0.695. The minimum absolute atomic E-state index is 0.695. The van der Waals surface area contributed by atoms with E-state index in [1.165, 1.54) is 0 Å². The first kappa shape index (κ1) is 7.03. The lowest BCUT2D eigenvalue weighted by Crippen LogP contribution is -2.18. The molecule has 3 nitrogen and oxygen atoms in total. The summed E-state index contributed by atoms with van der Waals surface area (Å²) in [6, 6.07) is 3.93. The van der Waals surface area contributed by atoms with Crippen molar-refractivity contribution in [2.75, 3.05) is 11.6 Å². The predicted molar refractivity (Wildman–Crippen MR) is 49.2 cm³/mol. The molecule has 0 radical (unpaired) electrons. The van der Waals surface area contributed by atoms with Crippen LogP contribution in [0.4, 0.5) is 5.69 Å². The second-order valence-electron chi connectivity index (χ2n) is 2.49. The first-order valence-corrected chi connectivity index (χ1v) is 3.80. The molecule has 60 valence electrons. The molecule has 1 aromatic rings. The molecule has 0 atom stereocenters. The van der Waals surface area contributed by atoms with E-state index in [0.29, 0.717) is 6.67 Å². The normalized spacial score (nSPS) is 15.2. The molecule has 2 heterocycles. The quantitative estimate of drug-likeness (QED) is 0.620. The van der Waals surface area contributed by atoms with E-state index in [2.05, 4.69) is 14.9 Å². The molecular formula is C9H9N3. The zero-order valence-electron chi connectivity index (χ0n) is 6.59. The molecule has 0 unspecified atom stereocenters. The fourth-order valence-corrected chi connectivity index (χ4v) is 1.09. The first-order valence-electron chi connectivity index (χ1n) is 3.80. The van der Waals surface area contributed by atoms with E-state index in [1.54, 1.807) is 18.6 Å². The van der Waals surface area contributed by atoms with Crippen molar-refractivity contribution in [1.29, 1.82) is 0 Å². The van der Waals surface area contributed by atoms with Gasteiger partial charge in [0.15, 0.2) is 0 Å². The molecule has 12 heavy (non-hydrogen) atoms. The third-order valence-corrected chi connectivity index (χ3v) is 1.69. The van der Waals surface area contributed by atoms with E-state index in [4.69, 9.17) is 0 Å². The van der Waals surface area contributed by atoms with E-state index in [9.17, 15) is 0 Å². The lowest BCUT2D eigenvalue weighted by Gasteiger charge is -2.19. The van der Waals surface area contributed by atoms with Gasteiger partial charge in [0.05, 0.1) is 0 Å². The summed E-state index contributed by atoms with van der Waals surface area (Å²) in [6.07, 6.45) is 9.28. The molecule has 0 bridgehead atoms. The number of nitrogens with zero attached hydrogens (tertiary/aromatic N) is 3. The number of pyridine rings is 1. The van der Waals surface area contributed by atoms with Crippen LogP contribution in [0, 0.1) is 0 Å². The minimum atomic E-state index is 0.695. The van der Waals surface area contributed by atoms with Crippen LogP contribution < -0.4 is 4.90 Å². The zero-order chi connectivity index (χ0) is 8.23. The summed E-state index contributed by atoms with van der Waals surface area (Å²) in [5, 5.41) is 0. The summed E-state index contributed by atoms with van der Waals surface area (Å²) in [4.78, 5) is 10.1. The molecule has 0 amide bonds. The third-order valence-electron chi connectivity index (χ3n) is 1.69. The Bertz CT molecular complexity index is 303. The van der Waals surface area contributed by atoms with Gasteiger partial charge >= 0.3 is 0 Å². The van der Waals surface area contributed by atoms with Gasteiger partial charge in [0, 0.05) is 30.5 Å². The van der Waals surface area contributed by atoms with Crippen molar-refractivity contribution in [2.24, 2.45) is 4.99 Å². The maximum atomic E-state index is 4.13. The van der Waals surface area contributed by atoms with Gasteiger partial charge in [0.25, 0.3) is 0 Å². The SMILES string of the molecule is C1=CN(c2ccncc2)CN=C1. The van der Waals surface area contributed by atoms with Crippen molar-refractivity contribution in [3.63, 3.8) is 0 Å². The van der Waals surface area contributed by atoms with Gasteiger partial charge in [-0.25, -0.2) is 0 Å². The predicted octanol–water partition coefficient (Wildman–Crippen LogP) is 1.44. The van der Waals surface area contributed by atoms with E-state index in [1.807, 2.05) is 24.4 Å². The summed E-state index contributed by atoms with van der Waals surface area (Å²) in [5.74, 6) is 0. The Morgan fingerprint density at radius 2 is 2.08 bits per heavy atom. The van der Waals surface area contributed by atoms with Gasteiger partial charge in [-0.1, -0.05) is 0 Å². The molecule has 0 aliphatic carbocycles. The molecule has 0 saturated heterocycles. The summed E-state index contributed by atoms with van der Waals surface area (Å²) in [5.41, 5.74) is 1.12. The van der Waals surface area contributed by atoms with Crippen LogP contribution >= 0.6 is 0 Å². The van der Waals surface area contributed by atoms with Crippen molar-refractivity contribution < 1.29 is 0 Å².